The molecule has 2 aliphatic rings. The van der Waals surface area contributed by atoms with Crippen LogP contribution in [0.1, 0.15) is 58.3 Å². The van der Waals surface area contributed by atoms with E-state index in [9.17, 15) is 0 Å². The van der Waals surface area contributed by atoms with E-state index >= 15 is 0 Å². The molecule has 2 unspecified atom stereocenters. The summed E-state index contributed by atoms with van der Waals surface area (Å²) >= 11 is 2.13. The Balaban J connectivity index is 2.09. The quantitative estimate of drug-likeness (QED) is 0.798. The highest BCUT2D eigenvalue weighted by molar-refractivity contribution is 8.00. The van der Waals surface area contributed by atoms with E-state index in [1.54, 1.807) is 0 Å². The van der Waals surface area contributed by atoms with Gasteiger partial charge >= 0.3 is 0 Å². The highest BCUT2D eigenvalue weighted by Gasteiger charge is 2.43. The van der Waals surface area contributed by atoms with E-state index in [2.05, 4.69) is 30.6 Å². The maximum absolute atomic E-state index is 6.22. The summed E-state index contributed by atoms with van der Waals surface area (Å²) in [5.74, 6) is 1.32. The summed E-state index contributed by atoms with van der Waals surface area (Å²) in [4.78, 5) is 2.69. The Morgan fingerprint density at radius 1 is 1.17 bits per heavy atom. The minimum absolute atomic E-state index is 0.262. The van der Waals surface area contributed by atoms with Gasteiger partial charge in [-0.3, -0.25) is 4.90 Å². The summed E-state index contributed by atoms with van der Waals surface area (Å²) in [6.07, 6.45) is 11.1. The number of likely N-dealkylation sites (N-methyl/N-ethyl adjacent to an activating group) is 1. The predicted molar refractivity (Wildman–Crippen MR) is 82.2 cm³/mol. The van der Waals surface area contributed by atoms with Crippen LogP contribution in [0, 0.1) is 0 Å². The van der Waals surface area contributed by atoms with E-state index in [1.807, 2.05) is 0 Å². The second-order valence-electron chi connectivity index (χ2n) is 6.18. The van der Waals surface area contributed by atoms with E-state index in [1.165, 1.54) is 57.1 Å². The fraction of sp³-hybridized carbons (Fsp3) is 1.00. The smallest absolute Gasteiger partial charge is 0.0447 e. The fourth-order valence-electron chi connectivity index (χ4n) is 3.88. The highest BCUT2D eigenvalue weighted by atomic mass is 32.2. The van der Waals surface area contributed by atoms with Crippen molar-refractivity contribution in [3.05, 3.63) is 0 Å². The number of hydrogen-bond acceptors (Lipinski definition) is 3. The molecule has 2 N–H and O–H groups in total. The molecule has 0 bridgehead atoms. The second kappa shape index (κ2) is 6.62. The van der Waals surface area contributed by atoms with Crippen molar-refractivity contribution < 1.29 is 0 Å². The predicted octanol–water partition coefficient (Wildman–Crippen LogP) is 3.25. The van der Waals surface area contributed by atoms with Crippen LogP contribution in [0.25, 0.3) is 0 Å². The zero-order valence-corrected chi connectivity index (χ0v) is 13.0. The van der Waals surface area contributed by atoms with Crippen LogP contribution in [0.4, 0.5) is 0 Å². The van der Waals surface area contributed by atoms with Crippen molar-refractivity contribution in [3.63, 3.8) is 0 Å². The van der Waals surface area contributed by atoms with Gasteiger partial charge in [-0.25, -0.2) is 0 Å². The lowest BCUT2D eigenvalue weighted by atomic mass is 9.85. The minimum atomic E-state index is 0.262. The van der Waals surface area contributed by atoms with Gasteiger partial charge in [0.05, 0.1) is 0 Å². The van der Waals surface area contributed by atoms with Crippen LogP contribution in [-0.2, 0) is 0 Å². The molecule has 0 aromatic heterocycles. The maximum atomic E-state index is 6.22. The lowest BCUT2D eigenvalue weighted by molar-refractivity contribution is 0.0586. The summed E-state index contributed by atoms with van der Waals surface area (Å²) in [6, 6.07) is 0.775. The molecule has 18 heavy (non-hydrogen) atoms. The summed E-state index contributed by atoms with van der Waals surface area (Å²) < 4.78 is 0. The van der Waals surface area contributed by atoms with Crippen molar-refractivity contribution in [1.82, 2.24) is 4.90 Å². The third-order valence-corrected chi connectivity index (χ3v) is 6.77. The first kappa shape index (κ1) is 14.7. The standard InChI is InChI=1S/C15H30N2S/c1-13-15(12-16,10-7-11-18-13)17(2)14-8-5-3-4-6-9-14/h13-14H,3-12,16H2,1-2H3. The molecule has 2 rings (SSSR count). The molecule has 3 heteroatoms. The Labute approximate surface area is 117 Å². The molecule has 0 aromatic carbocycles. The molecule has 1 saturated heterocycles. The third kappa shape index (κ3) is 2.88. The fourth-order valence-corrected chi connectivity index (χ4v) is 5.24. The Morgan fingerprint density at radius 3 is 2.39 bits per heavy atom. The molecule has 1 aliphatic heterocycles. The van der Waals surface area contributed by atoms with E-state index < -0.39 is 0 Å². The van der Waals surface area contributed by atoms with Crippen LogP contribution in [0.3, 0.4) is 0 Å². The van der Waals surface area contributed by atoms with Crippen molar-refractivity contribution in [2.24, 2.45) is 5.73 Å². The first-order chi connectivity index (χ1) is 8.70. The van der Waals surface area contributed by atoms with Crippen LogP contribution in [-0.4, -0.2) is 41.1 Å². The Morgan fingerprint density at radius 2 is 1.83 bits per heavy atom. The third-order valence-electron chi connectivity index (χ3n) is 5.31. The van der Waals surface area contributed by atoms with Gasteiger partial charge in [0.1, 0.15) is 0 Å². The zero-order valence-electron chi connectivity index (χ0n) is 12.2. The molecule has 2 nitrogen and oxygen atoms in total. The van der Waals surface area contributed by atoms with Crippen LogP contribution < -0.4 is 5.73 Å². The number of hydrogen-bond donors (Lipinski definition) is 1. The summed E-state index contributed by atoms with van der Waals surface area (Å²) in [5.41, 5.74) is 6.48. The molecule has 2 fully saturated rings. The van der Waals surface area contributed by atoms with Crippen molar-refractivity contribution in [3.8, 4) is 0 Å². The molecule has 0 radical (unpaired) electrons. The molecular formula is C15H30N2S. The summed E-state index contributed by atoms with van der Waals surface area (Å²) in [6.45, 7) is 3.22. The van der Waals surface area contributed by atoms with Gasteiger partial charge in [0.15, 0.2) is 0 Å². The van der Waals surface area contributed by atoms with Gasteiger partial charge in [-0.2, -0.15) is 11.8 Å². The number of rotatable bonds is 3. The van der Waals surface area contributed by atoms with E-state index in [0.29, 0.717) is 5.25 Å². The number of nitrogens with two attached hydrogens (primary N) is 1. The molecule has 1 aliphatic carbocycles. The van der Waals surface area contributed by atoms with E-state index in [-0.39, 0.29) is 5.54 Å². The van der Waals surface area contributed by atoms with Gasteiger partial charge in [-0.15, -0.1) is 0 Å². The molecular weight excluding hydrogens is 240 g/mol. The van der Waals surface area contributed by atoms with Crippen molar-refractivity contribution in [2.45, 2.75) is 75.1 Å². The monoisotopic (exact) mass is 270 g/mol. The lowest BCUT2D eigenvalue weighted by Crippen LogP contribution is -2.62. The average Bonchev–Trinajstić information content (AvgIpc) is 2.67. The first-order valence-corrected chi connectivity index (χ1v) is 8.80. The highest BCUT2D eigenvalue weighted by Crippen LogP contribution is 2.39. The zero-order chi connectivity index (χ0) is 13.0. The average molecular weight is 270 g/mol. The van der Waals surface area contributed by atoms with Gasteiger partial charge < -0.3 is 5.73 Å². The largest absolute Gasteiger partial charge is 0.329 e. The lowest BCUT2D eigenvalue weighted by Gasteiger charge is -2.51. The second-order valence-corrected chi connectivity index (χ2v) is 7.63. The molecule has 0 spiro atoms. The summed E-state index contributed by atoms with van der Waals surface area (Å²) in [5, 5.41) is 0.685. The van der Waals surface area contributed by atoms with Gasteiger partial charge in [0, 0.05) is 23.4 Å². The molecule has 0 amide bonds. The van der Waals surface area contributed by atoms with Gasteiger partial charge in [-0.05, 0) is 38.5 Å². The number of thioether (sulfide) groups is 1. The molecule has 1 saturated carbocycles. The van der Waals surface area contributed by atoms with Crippen LogP contribution in [0.2, 0.25) is 0 Å². The normalized spacial score (nSPS) is 35.7. The van der Waals surface area contributed by atoms with Gasteiger partial charge in [0.25, 0.3) is 0 Å². The molecule has 0 aromatic rings. The minimum Gasteiger partial charge on any atom is -0.329 e. The Hall–Kier alpha value is 0.270. The SMILES string of the molecule is CC1SCCCC1(CN)N(C)C1CCCCCC1. The Kier molecular flexibility index (Phi) is 5.40. The van der Waals surface area contributed by atoms with Crippen molar-refractivity contribution >= 4 is 11.8 Å². The van der Waals surface area contributed by atoms with Crippen LogP contribution in [0.5, 0.6) is 0 Å². The first-order valence-electron chi connectivity index (χ1n) is 7.75. The molecule has 106 valence electrons. The van der Waals surface area contributed by atoms with Crippen molar-refractivity contribution in [1.29, 1.82) is 0 Å². The van der Waals surface area contributed by atoms with Gasteiger partial charge in [-0.1, -0.05) is 32.6 Å². The maximum Gasteiger partial charge on any atom is 0.0447 e. The summed E-state index contributed by atoms with van der Waals surface area (Å²) in [7, 11) is 2.35. The van der Waals surface area contributed by atoms with Gasteiger partial charge in [0.2, 0.25) is 0 Å². The topological polar surface area (TPSA) is 29.3 Å². The van der Waals surface area contributed by atoms with E-state index in [0.717, 1.165) is 12.6 Å². The van der Waals surface area contributed by atoms with Crippen molar-refractivity contribution in [2.75, 3.05) is 19.3 Å². The molecule has 2 atom stereocenters. The van der Waals surface area contributed by atoms with Crippen LogP contribution >= 0.6 is 11.8 Å². The number of nitrogens with zero attached hydrogens (tertiary/aromatic N) is 1. The molecule has 1 heterocycles. The van der Waals surface area contributed by atoms with Crippen LogP contribution in [0.15, 0.2) is 0 Å². The van der Waals surface area contributed by atoms with E-state index in [4.69, 9.17) is 5.73 Å². The Bertz CT molecular complexity index is 251.